The van der Waals surface area contributed by atoms with Gasteiger partial charge in [-0.15, -0.1) is 0 Å². The van der Waals surface area contributed by atoms with Gasteiger partial charge in [-0.2, -0.15) is 0 Å². The van der Waals surface area contributed by atoms with Crippen molar-refractivity contribution in [1.82, 2.24) is 0 Å². The van der Waals surface area contributed by atoms with E-state index < -0.39 is 5.91 Å². The number of amides is 1. The fourth-order valence-electron chi connectivity index (χ4n) is 2.94. The van der Waals surface area contributed by atoms with Crippen molar-refractivity contribution in [2.75, 3.05) is 17.2 Å². The van der Waals surface area contributed by atoms with Gasteiger partial charge in [0.05, 0.1) is 16.9 Å². The lowest BCUT2D eigenvalue weighted by Crippen LogP contribution is -2.35. The number of carbonyl (C=O) groups excluding carboxylic acids is 1. The van der Waals surface area contributed by atoms with Crippen LogP contribution in [0.4, 0.5) is 11.4 Å². The van der Waals surface area contributed by atoms with E-state index in [2.05, 4.69) is 11.8 Å². The number of anilines is 2. The largest absolute Gasteiger partial charge is 0.396 e. The summed E-state index contributed by atoms with van der Waals surface area (Å²) in [6.45, 7) is 3.21. The predicted octanol–water partition coefficient (Wildman–Crippen LogP) is 2.53. The Kier molecular flexibility index (Phi) is 4.30. The highest BCUT2D eigenvalue weighted by Gasteiger charge is 2.22. The van der Waals surface area contributed by atoms with Crippen molar-refractivity contribution < 1.29 is 4.79 Å². The van der Waals surface area contributed by atoms with Crippen LogP contribution in [0.3, 0.4) is 0 Å². The first kappa shape index (κ1) is 13.7. The topological polar surface area (TPSA) is 72.3 Å². The molecule has 1 atom stereocenters. The second-order valence-corrected chi connectivity index (χ2v) is 5.21. The molecule has 1 aliphatic rings. The van der Waals surface area contributed by atoms with Crippen molar-refractivity contribution in [2.45, 2.75) is 45.1 Å². The molecule has 0 spiro atoms. The summed E-state index contributed by atoms with van der Waals surface area (Å²) in [6.07, 6.45) is 6.00. The highest BCUT2D eigenvalue weighted by molar-refractivity contribution is 6.00. The normalized spacial score (nSPS) is 20.1. The van der Waals surface area contributed by atoms with Crippen LogP contribution in [0, 0.1) is 0 Å². The smallest absolute Gasteiger partial charge is 0.250 e. The summed E-state index contributed by atoms with van der Waals surface area (Å²) < 4.78 is 0. The minimum atomic E-state index is -0.456. The molecule has 2 rings (SSSR count). The number of nitrogens with two attached hydrogens (primary N) is 2. The van der Waals surface area contributed by atoms with Crippen LogP contribution in [0.15, 0.2) is 18.2 Å². The number of benzene rings is 1. The number of hydrogen-bond acceptors (Lipinski definition) is 3. The lowest BCUT2D eigenvalue weighted by Gasteiger charge is -2.32. The zero-order valence-corrected chi connectivity index (χ0v) is 11.6. The first-order valence-electron chi connectivity index (χ1n) is 7.10. The van der Waals surface area contributed by atoms with E-state index in [9.17, 15) is 4.79 Å². The van der Waals surface area contributed by atoms with Gasteiger partial charge in [-0.1, -0.05) is 25.8 Å². The standard InChI is InChI=1S/C15H23N3O/c1-2-11-7-4-3-5-10-18(11)13-9-6-8-12(14(13)16)15(17)19/h6,8-9,11H,2-5,7,10,16H2,1H3,(H2,17,19). The highest BCUT2D eigenvalue weighted by Crippen LogP contribution is 2.32. The van der Waals surface area contributed by atoms with Gasteiger partial charge in [0.2, 0.25) is 0 Å². The minimum Gasteiger partial charge on any atom is -0.396 e. The van der Waals surface area contributed by atoms with Crippen LogP contribution < -0.4 is 16.4 Å². The average molecular weight is 261 g/mol. The number of rotatable bonds is 3. The van der Waals surface area contributed by atoms with Crippen molar-refractivity contribution in [3.05, 3.63) is 23.8 Å². The molecule has 1 amide bonds. The van der Waals surface area contributed by atoms with E-state index >= 15 is 0 Å². The average Bonchev–Trinajstić information content (AvgIpc) is 2.63. The van der Waals surface area contributed by atoms with Crippen molar-refractivity contribution in [3.8, 4) is 0 Å². The summed E-state index contributed by atoms with van der Waals surface area (Å²) in [6, 6.07) is 6.06. The molecule has 1 unspecified atom stereocenters. The van der Waals surface area contributed by atoms with Gasteiger partial charge in [0, 0.05) is 12.6 Å². The van der Waals surface area contributed by atoms with Gasteiger partial charge in [0.15, 0.2) is 0 Å². The molecule has 4 heteroatoms. The SMILES string of the molecule is CCC1CCCCCN1c1cccc(C(N)=O)c1N. The first-order valence-corrected chi connectivity index (χ1v) is 7.10. The molecular formula is C15H23N3O. The third-order valence-electron chi connectivity index (χ3n) is 4.01. The molecule has 0 saturated carbocycles. The van der Waals surface area contributed by atoms with Crippen LogP contribution in [0.5, 0.6) is 0 Å². The van der Waals surface area contributed by atoms with E-state index in [0.717, 1.165) is 18.7 Å². The molecule has 1 saturated heterocycles. The third kappa shape index (κ3) is 2.83. The van der Waals surface area contributed by atoms with E-state index in [4.69, 9.17) is 11.5 Å². The summed E-state index contributed by atoms with van der Waals surface area (Å²) in [5, 5.41) is 0. The van der Waals surface area contributed by atoms with Gasteiger partial charge >= 0.3 is 0 Å². The van der Waals surface area contributed by atoms with Gasteiger partial charge in [0.25, 0.3) is 5.91 Å². The Bertz CT molecular complexity index is 459. The van der Waals surface area contributed by atoms with Crippen molar-refractivity contribution in [3.63, 3.8) is 0 Å². The molecule has 4 nitrogen and oxygen atoms in total. The quantitative estimate of drug-likeness (QED) is 0.821. The second kappa shape index (κ2) is 5.95. The molecular weight excluding hydrogens is 238 g/mol. The van der Waals surface area contributed by atoms with Crippen molar-refractivity contribution >= 4 is 17.3 Å². The van der Waals surface area contributed by atoms with E-state index in [1.54, 1.807) is 6.07 Å². The van der Waals surface area contributed by atoms with Gasteiger partial charge < -0.3 is 16.4 Å². The molecule has 0 aromatic heterocycles. The Balaban J connectivity index is 2.38. The van der Waals surface area contributed by atoms with Gasteiger partial charge in [-0.3, -0.25) is 4.79 Å². The molecule has 0 bridgehead atoms. The molecule has 1 aromatic rings. The third-order valence-corrected chi connectivity index (χ3v) is 4.01. The molecule has 0 radical (unpaired) electrons. The number of primary amides is 1. The van der Waals surface area contributed by atoms with Crippen LogP contribution >= 0.6 is 0 Å². The molecule has 19 heavy (non-hydrogen) atoms. The molecule has 1 heterocycles. The minimum absolute atomic E-state index is 0.427. The van der Waals surface area contributed by atoms with Gasteiger partial charge in [-0.25, -0.2) is 0 Å². The molecule has 1 aliphatic heterocycles. The summed E-state index contributed by atoms with van der Waals surface area (Å²) in [4.78, 5) is 13.8. The van der Waals surface area contributed by atoms with Crippen LogP contribution in [0.25, 0.3) is 0 Å². The molecule has 104 valence electrons. The Hall–Kier alpha value is -1.71. The summed E-state index contributed by atoms with van der Waals surface area (Å²) >= 11 is 0. The number of nitrogen functional groups attached to an aromatic ring is 1. The Morgan fingerprint density at radius 3 is 2.84 bits per heavy atom. The Morgan fingerprint density at radius 2 is 2.16 bits per heavy atom. The zero-order chi connectivity index (χ0) is 13.8. The number of carbonyl (C=O) groups is 1. The van der Waals surface area contributed by atoms with Crippen LogP contribution in [0.2, 0.25) is 0 Å². The lowest BCUT2D eigenvalue weighted by molar-refractivity contribution is 0.100. The summed E-state index contributed by atoms with van der Waals surface area (Å²) in [7, 11) is 0. The predicted molar refractivity (Wildman–Crippen MR) is 79.3 cm³/mol. The number of nitrogens with zero attached hydrogens (tertiary/aromatic N) is 1. The fraction of sp³-hybridized carbons (Fsp3) is 0.533. The van der Waals surface area contributed by atoms with Crippen LogP contribution in [-0.4, -0.2) is 18.5 Å². The molecule has 1 fully saturated rings. The van der Waals surface area contributed by atoms with Gasteiger partial charge in [0.1, 0.15) is 0 Å². The fourth-order valence-corrected chi connectivity index (χ4v) is 2.94. The maximum Gasteiger partial charge on any atom is 0.250 e. The Morgan fingerprint density at radius 1 is 1.37 bits per heavy atom. The highest BCUT2D eigenvalue weighted by atomic mass is 16.1. The van der Waals surface area contributed by atoms with Gasteiger partial charge in [-0.05, 0) is 31.4 Å². The van der Waals surface area contributed by atoms with E-state index in [1.807, 2.05) is 12.1 Å². The van der Waals surface area contributed by atoms with Crippen LogP contribution in [-0.2, 0) is 0 Å². The van der Waals surface area contributed by atoms with Crippen LogP contribution in [0.1, 0.15) is 49.4 Å². The number of para-hydroxylation sites is 1. The summed E-state index contributed by atoms with van der Waals surface area (Å²) in [5.41, 5.74) is 13.4. The van der Waals surface area contributed by atoms with E-state index in [-0.39, 0.29) is 0 Å². The zero-order valence-electron chi connectivity index (χ0n) is 11.6. The van der Waals surface area contributed by atoms with E-state index in [1.165, 1.54) is 25.7 Å². The molecule has 4 N–H and O–H groups in total. The second-order valence-electron chi connectivity index (χ2n) is 5.21. The monoisotopic (exact) mass is 261 g/mol. The first-order chi connectivity index (χ1) is 9.15. The van der Waals surface area contributed by atoms with E-state index in [0.29, 0.717) is 17.3 Å². The maximum absolute atomic E-state index is 11.4. The molecule has 0 aliphatic carbocycles. The maximum atomic E-state index is 11.4. The summed E-state index contributed by atoms with van der Waals surface area (Å²) in [5.74, 6) is -0.456. The van der Waals surface area contributed by atoms with Crippen molar-refractivity contribution in [2.24, 2.45) is 5.73 Å². The molecule has 1 aromatic carbocycles. The Labute approximate surface area is 114 Å². The lowest BCUT2D eigenvalue weighted by atomic mass is 10.0. The number of hydrogen-bond donors (Lipinski definition) is 2. The van der Waals surface area contributed by atoms with Crippen molar-refractivity contribution in [1.29, 1.82) is 0 Å².